The predicted octanol–water partition coefficient (Wildman–Crippen LogP) is 3.05. The molecular weight excluding hydrogens is 257 g/mol. The number of para-hydroxylation sites is 1. The number of alkyl halides is 3. The van der Waals surface area contributed by atoms with E-state index in [9.17, 15) is 13.2 Å². The molecule has 0 N–H and O–H groups in total. The molecule has 3 nitrogen and oxygen atoms in total. The van der Waals surface area contributed by atoms with E-state index in [2.05, 4.69) is 9.84 Å². The van der Waals surface area contributed by atoms with Crippen LogP contribution in [0.5, 0.6) is 0 Å². The van der Waals surface area contributed by atoms with Crippen LogP contribution in [0.3, 0.4) is 0 Å². The molecule has 0 amide bonds. The van der Waals surface area contributed by atoms with Gasteiger partial charge in [-0.15, -0.1) is 5.10 Å². The Kier molecular flexibility index (Phi) is 3.15. The lowest BCUT2D eigenvalue weighted by Crippen LogP contribution is -2.37. The number of hydrogen-bond acceptors (Lipinski definition) is 3. The number of anilines is 1. The minimum atomic E-state index is -4.58. The van der Waals surface area contributed by atoms with Gasteiger partial charge in [-0.05, 0) is 12.1 Å². The molecule has 1 aromatic carbocycles. The Balaban J connectivity index is 2.32. The Bertz CT molecular complexity index is 447. The third-order valence-electron chi connectivity index (χ3n) is 2.13. The molecule has 1 aliphatic heterocycles. The normalized spacial score (nSPS) is 16.5. The molecule has 92 valence electrons. The summed E-state index contributed by atoms with van der Waals surface area (Å²) < 4.78 is 41.7. The molecule has 1 aromatic rings. The number of halogens is 4. The maximum Gasteiger partial charge on any atom is 0.470 e. The summed E-state index contributed by atoms with van der Waals surface area (Å²) in [5, 5.41) is 4.94. The van der Waals surface area contributed by atoms with E-state index in [-0.39, 0.29) is 13.2 Å². The quantitative estimate of drug-likeness (QED) is 0.779. The van der Waals surface area contributed by atoms with Crippen LogP contribution in [-0.2, 0) is 4.74 Å². The van der Waals surface area contributed by atoms with E-state index in [1.54, 1.807) is 24.3 Å². The van der Waals surface area contributed by atoms with Crippen molar-refractivity contribution < 1.29 is 17.9 Å². The van der Waals surface area contributed by atoms with E-state index in [4.69, 9.17) is 11.6 Å². The van der Waals surface area contributed by atoms with Crippen LogP contribution in [0.15, 0.2) is 29.4 Å². The molecule has 1 aliphatic rings. The van der Waals surface area contributed by atoms with E-state index in [0.29, 0.717) is 10.7 Å². The van der Waals surface area contributed by atoms with Crippen molar-refractivity contribution in [2.24, 2.45) is 5.10 Å². The van der Waals surface area contributed by atoms with E-state index in [1.165, 1.54) is 5.01 Å². The Hall–Kier alpha value is -1.43. The van der Waals surface area contributed by atoms with Crippen molar-refractivity contribution in [1.29, 1.82) is 0 Å². The Labute approximate surface area is 100 Å². The standard InChI is InChI=1S/C10H8ClF3N2O/c11-7-3-1-2-4-8(7)16-5-6-17-9(15-16)10(12,13)14/h1-4H,5-6H2. The van der Waals surface area contributed by atoms with Gasteiger partial charge in [-0.3, -0.25) is 5.01 Å². The average molecular weight is 265 g/mol. The van der Waals surface area contributed by atoms with Gasteiger partial charge in [0.2, 0.25) is 0 Å². The lowest BCUT2D eigenvalue weighted by Gasteiger charge is -2.26. The summed E-state index contributed by atoms with van der Waals surface area (Å²) in [4.78, 5) is 0. The molecule has 0 bridgehead atoms. The number of hydrogen-bond donors (Lipinski definition) is 0. The van der Waals surface area contributed by atoms with Crippen LogP contribution >= 0.6 is 11.6 Å². The highest BCUT2D eigenvalue weighted by molar-refractivity contribution is 6.33. The molecule has 0 radical (unpaired) electrons. The summed E-state index contributed by atoms with van der Waals surface area (Å²) in [5.74, 6) is -1.25. The fraction of sp³-hybridized carbons (Fsp3) is 0.300. The summed E-state index contributed by atoms with van der Waals surface area (Å²) in [6, 6.07) is 6.57. The number of nitrogens with zero attached hydrogens (tertiary/aromatic N) is 2. The topological polar surface area (TPSA) is 24.8 Å². The second kappa shape index (κ2) is 4.44. The van der Waals surface area contributed by atoms with Gasteiger partial charge in [0.25, 0.3) is 0 Å². The smallest absolute Gasteiger partial charge is 0.470 e. The minimum absolute atomic E-state index is 0.0798. The zero-order valence-corrected chi connectivity index (χ0v) is 9.29. The molecule has 17 heavy (non-hydrogen) atoms. The fourth-order valence-electron chi connectivity index (χ4n) is 1.39. The Morgan fingerprint density at radius 3 is 2.65 bits per heavy atom. The van der Waals surface area contributed by atoms with Crippen LogP contribution in [0.1, 0.15) is 0 Å². The third-order valence-corrected chi connectivity index (χ3v) is 2.45. The zero-order chi connectivity index (χ0) is 12.5. The predicted molar refractivity (Wildman–Crippen MR) is 58.2 cm³/mol. The molecule has 0 unspecified atom stereocenters. The zero-order valence-electron chi connectivity index (χ0n) is 8.54. The van der Waals surface area contributed by atoms with Crippen molar-refractivity contribution in [3.63, 3.8) is 0 Å². The highest BCUT2D eigenvalue weighted by Gasteiger charge is 2.40. The summed E-state index contributed by atoms with van der Waals surface area (Å²) in [6.45, 7) is 0.146. The first-order valence-corrected chi connectivity index (χ1v) is 5.17. The monoisotopic (exact) mass is 264 g/mol. The van der Waals surface area contributed by atoms with E-state index >= 15 is 0 Å². The van der Waals surface area contributed by atoms with Crippen LogP contribution in [0, 0.1) is 0 Å². The average Bonchev–Trinajstić information content (AvgIpc) is 2.29. The number of rotatable bonds is 1. The van der Waals surface area contributed by atoms with Crippen molar-refractivity contribution in [2.75, 3.05) is 18.2 Å². The summed E-state index contributed by atoms with van der Waals surface area (Å²) in [6.07, 6.45) is -4.58. The molecule has 7 heteroatoms. The van der Waals surface area contributed by atoms with Crippen molar-refractivity contribution in [3.8, 4) is 0 Å². The molecule has 0 saturated carbocycles. The van der Waals surface area contributed by atoms with Crippen molar-refractivity contribution >= 4 is 23.2 Å². The van der Waals surface area contributed by atoms with Gasteiger partial charge in [0, 0.05) is 0 Å². The van der Waals surface area contributed by atoms with Crippen LogP contribution in [-0.4, -0.2) is 25.2 Å². The number of hydrazone groups is 1. The van der Waals surface area contributed by atoms with E-state index < -0.39 is 12.1 Å². The van der Waals surface area contributed by atoms with Crippen LogP contribution < -0.4 is 5.01 Å². The molecule has 0 aromatic heterocycles. The Morgan fingerprint density at radius 1 is 1.29 bits per heavy atom. The van der Waals surface area contributed by atoms with Crippen molar-refractivity contribution in [3.05, 3.63) is 29.3 Å². The molecule has 1 heterocycles. The van der Waals surface area contributed by atoms with E-state index in [0.717, 1.165) is 0 Å². The number of ether oxygens (including phenoxy) is 1. The second-order valence-corrected chi connectivity index (χ2v) is 3.73. The molecule has 0 fully saturated rings. The summed E-state index contributed by atoms with van der Waals surface area (Å²) in [7, 11) is 0. The first-order chi connectivity index (χ1) is 7.98. The minimum Gasteiger partial charge on any atom is -0.471 e. The summed E-state index contributed by atoms with van der Waals surface area (Å²) in [5.41, 5.74) is 0.430. The lowest BCUT2D eigenvalue weighted by molar-refractivity contribution is -0.0797. The van der Waals surface area contributed by atoms with Gasteiger partial charge in [0.1, 0.15) is 6.61 Å². The molecule has 0 aliphatic carbocycles. The van der Waals surface area contributed by atoms with Crippen molar-refractivity contribution in [1.82, 2.24) is 0 Å². The third kappa shape index (κ3) is 2.63. The molecule has 0 spiro atoms. The SMILES string of the molecule is FC(F)(F)C1=NN(c2ccccc2Cl)CCO1. The van der Waals surface area contributed by atoms with Gasteiger partial charge in [-0.2, -0.15) is 13.2 Å². The van der Waals surface area contributed by atoms with E-state index in [1.807, 2.05) is 0 Å². The largest absolute Gasteiger partial charge is 0.471 e. The Morgan fingerprint density at radius 2 is 2.00 bits per heavy atom. The van der Waals surface area contributed by atoms with Gasteiger partial charge >= 0.3 is 12.1 Å². The lowest BCUT2D eigenvalue weighted by atomic mass is 10.3. The van der Waals surface area contributed by atoms with Crippen molar-refractivity contribution in [2.45, 2.75) is 6.18 Å². The fourth-order valence-corrected chi connectivity index (χ4v) is 1.62. The van der Waals surface area contributed by atoms with Crippen LogP contribution in [0.4, 0.5) is 18.9 Å². The molecule has 2 rings (SSSR count). The molecular formula is C10H8ClF3N2O. The molecule has 0 atom stereocenters. The van der Waals surface area contributed by atoms with Gasteiger partial charge < -0.3 is 4.74 Å². The van der Waals surface area contributed by atoms with Crippen LogP contribution in [0.2, 0.25) is 5.02 Å². The molecule has 0 saturated heterocycles. The highest BCUT2D eigenvalue weighted by atomic mass is 35.5. The number of benzene rings is 1. The maximum atomic E-state index is 12.4. The highest BCUT2D eigenvalue weighted by Crippen LogP contribution is 2.28. The van der Waals surface area contributed by atoms with Gasteiger partial charge in [-0.1, -0.05) is 23.7 Å². The second-order valence-electron chi connectivity index (χ2n) is 3.33. The van der Waals surface area contributed by atoms with Gasteiger partial charge in [-0.25, -0.2) is 0 Å². The van der Waals surface area contributed by atoms with Gasteiger partial charge in [0.05, 0.1) is 17.3 Å². The van der Waals surface area contributed by atoms with Crippen LogP contribution in [0.25, 0.3) is 0 Å². The maximum absolute atomic E-state index is 12.4. The first-order valence-electron chi connectivity index (χ1n) is 4.79. The summed E-state index contributed by atoms with van der Waals surface area (Å²) >= 11 is 5.89. The van der Waals surface area contributed by atoms with Gasteiger partial charge in [0.15, 0.2) is 0 Å². The first kappa shape index (κ1) is 12.0.